The zero-order valence-corrected chi connectivity index (χ0v) is 8.70. The highest BCUT2D eigenvalue weighted by molar-refractivity contribution is 5.65. The quantitative estimate of drug-likeness (QED) is 0.451. The highest BCUT2D eigenvalue weighted by Gasteiger charge is 2.20. The van der Waals surface area contributed by atoms with Gasteiger partial charge in [0.2, 0.25) is 0 Å². The van der Waals surface area contributed by atoms with Crippen LogP contribution in [0.25, 0.3) is 0 Å². The van der Waals surface area contributed by atoms with Crippen molar-refractivity contribution in [3.63, 3.8) is 0 Å². The first-order chi connectivity index (χ1) is 7.70. The maximum absolute atomic E-state index is 10.9. The molecule has 5 heteroatoms. The van der Waals surface area contributed by atoms with Crippen molar-refractivity contribution in [3.8, 4) is 0 Å². The fourth-order valence-corrected chi connectivity index (χ4v) is 1.58. The lowest BCUT2D eigenvalue weighted by Crippen LogP contribution is -2.05. The number of aldehydes is 1. The van der Waals surface area contributed by atoms with E-state index in [2.05, 4.69) is 0 Å². The Morgan fingerprint density at radius 3 is 2.69 bits per heavy atom. The topological polar surface area (TPSA) is 80.4 Å². The van der Waals surface area contributed by atoms with Gasteiger partial charge in [-0.2, -0.15) is 0 Å². The minimum Gasteiger partial charge on any atom is -0.396 e. The van der Waals surface area contributed by atoms with Crippen molar-refractivity contribution in [1.29, 1.82) is 0 Å². The van der Waals surface area contributed by atoms with Gasteiger partial charge < -0.3 is 9.90 Å². The highest BCUT2D eigenvalue weighted by Crippen LogP contribution is 2.27. The van der Waals surface area contributed by atoms with Crippen LogP contribution in [-0.4, -0.2) is 22.9 Å². The van der Waals surface area contributed by atoms with Gasteiger partial charge in [-0.1, -0.05) is 18.2 Å². The molecular formula is C11H13NO4. The second-order valence-corrected chi connectivity index (χ2v) is 3.42. The lowest BCUT2D eigenvalue weighted by atomic mass is 9.94. The summed E-state index contributed by atoms with van der Waals surface area (Å²) in [6.07, 6.45) is 1.57. The summed E-state index contributed by atoms with van der Waals surface area (Å²) in [7, 11) is 0. The molecule has 0 saturated carbocycles. The molecule has 1 N–H and O–H groups in total. The van der Waals surface area contributed by atoms with Crippen LogP contribution in [-0.2, 0) is 4.79 Å². The van der Waals surface area contributed by atoms with E-state index < -0.39 is 10.8 Å². The predicted octanol–water partition coefficient (Wildman–Crippen LogP) is 1.65. The second-order valence-electron chi connectivity index (χ2n) is 3.42. The minimum atomic E-state index is -0.520. The maximum atomic E-state index is 10.9. The minimum absolute atomic E-state index is 0.0228. The van der Waals surface area contributed by atoms with Crippen molar-refractivity contribution >= 4 is 12.0 Å². The third-order valence-corrected chi connectivity index (χ3v) is 2.37. The Hall–Kier alpha value is -1.75. The standard InChI is InChI=1S/C11H13NO4/c13-7-3-4-9(8-14)10-5-1-2-6-11(10)12(15)16/h1-2,5-6,8-9,13H,3-4,7H2. The Morgan fingerprint density at radius 1 is 1.44 bits per heavy atom. The van der Waals surface area contributed by atoms with E-state index in [4.69, 9.17) is 5.11 Å². The number of aliphatic hydroxyl groups excluding tert-OH is 1. The van der Waals surface area contributed by atoms with Crippen LogP contribution in [0.2, 0.25) is 0 Å². The van der Waals surface area contributed by atoms with Gasteiger partial charge >= 0.3 is 0 Å². The highest BCUT2D eigenvalue weighted by atomic mass is 16.6. The van der Waals surface area contributed by atoms with Crippen LogP contribution >= 0.6 is 0 Å². The summed E-state index contributed by atoms with van der Waals surface area (Å²) in [6.45, 7) is -0.0228. The molecule has 0 aliphatic carbocycles. The van der Waals surface area contributed by atoms with Crippen molar-refractivity contribution in [1.82, 2.24) is 0 Å². The predicted molar refractivity (Wildman–Crippen MR) is 58.2 cm³/mol. The van der Waals surface area contributed by atoms with Crippen LogP contribution in [0.1, 0.15) is 24.3 Å². The molecule has 1 aromatic carbocycles. The molecule has 16 heavy (non-hydrogen) atoms. The summed E-state index contributed by atoms with van der Waals surface area (Å²) < 4.78 is 0. The number of aliphatic hydroxyl groups is 1. The largest absolute Gasteiger partial charge is 0.396 e. The third kappa shape index (κ3) is 2.87. The number of benzene rings is 1. The second kappa shape index (κ2) is 5.97. The molecule has 0 aromatic heterocycles. The maximum Gasteiger partial charge on any atom is 0.273 e. The average molecular weight is 223 g/mol. The van der Waals surface area contributed by atoms with E-state index >= 15 is 0 Å². The fourth-order valence-electron chi connectivity index (χ4n) is 1.58. The number of hydrogen-bond donors (Lipinski definition) is 1. The number of carbonyl (C=O) groups excluding carboxylic acids is 1. The summed E-state index contributed by atoms with van der Waals surface area (Å²) in [5.74, 6) is -0.520. The Kier molecular flexibility index (Phi) is 4.60. The fraction of sp³-hybridized carbons (Fsp3) is 0.364. The van der Waals surface area contributed by atoms with Crippen molar-refractivity contribution in [2.24, 2.45) is 0 Å². The Bertz CT molecular complexity index is 378. The van der Waals surface area contributed by atoms with Crippen LogP contribution < -0.4 is 0 Å². The number of nitro groups is 1. The lowest BCUT2D eigenvalue weighted by molar-refractivity contribution is -0.385. The molecule has 1 aromatic rings. The normalized spacial score (nSPS) is 12.1. The van der Waals surface area contributed by atoms with Crippen LogP contribution in [0.3, 0.4) is 0 Å². The molecule has 0 spiro atoms. The molecule has 1 unspecified atom stereocenters. The van der Waals surface area contributed by atoms with Gasteiger partial charge in [-0.05, 0) is 12.8 Å². The van der Waals surface area contributed by atoms with Crippen LogP contribution in [0, 0.1) is 10.1 Å². The van der Waals surface area contributed by atoms with Crippen LogP contribution in [0.5, 0.6) is 0 Å². The van der Waals surface area contributed by atoms with Crippen molar-refractivity contribution in [2.75, 3.05) is 6.61 Å². The van der Waals surface area contributed by atoms with Gasteiger partial charge in [-0.15, -0.1) is 0 Å². The van der Waals surface area contributed by atoms with Crippen LogP contribution in [0.4, 0.5) is 5.69 Å². The summed E-state index contributed by atoms with van der Waals surface area (Å²) in [6, 6.07) is 6.19. The number of nitro benzene ring substituents is 1. The number of rotatable bonds is 6. The molecule has 0 heterocycles. The molecular weight excluding hydrogens is 210 g/mol. The van der Waals surface area contributed by atoms with Gasteiger partial charge in [0, 0.05) is 24.2 Å². The smallest absolute Gasteiger partial charge is 0.273 e. The molecule has 0 amide bonds. The van der Waals surface area contributed by atoms with Gasteiger partial charge in [-0.25, -0.2) is 0 Å². The zero-order valence-electron chi connectivity index (χ0n) is 8.70. The van der Waals surface area contributed by atoms with Crippen molar-refractivity contribution in [3.05, 3.63) is 39.9 Å². The Labute approximate surface area is 92.9 Å². The van der Waals surface area contributed by atoms with Gasteiger partial charge in [0.15, 0.2) is 0 Å². The van der Waals surface area contributed by atoms with Crippen molar-refractivity contribution in [2.45, 2.75) is 18.8 Å². The van der Waals surface area contributed by atoms with E-state index in [-0.39, 0.29) is 12.3 Å². The van der Waals surface area contributed by atoms with Gasteiger partial charge in [0.1, 0.15) is 6.29 Å². The molecule has 0 radical (unpaired) electrons. The van der Waals surface area contributed by atoms with E-state index in [9.17, 15) is 14.9 Å². The van der Waals surface area contributed by atoms with Gasteiger partial charge in [0.05, 0.1) is 4.92 Å². The molecule has 1 rings (SSSR count). The summed E-state index contributed by atoms with van der Waals surface area (Å²) >= 11 is 0. The molecule has 86 valence electrons. The van der Waals surface area contributed by atoms with Gasteiger partial charge in [0.25, 0.3) is 5.69 Å². The molecule has 0 aliphatic rings. The van der Waals surface area contributed by atoms with E-state index in [1.807, 2.05) is 0 Å². The first kappa shape index (κ1) is 12.3. The summed E-state index contributed by atoms with van der Waals surface area (Å²) in [4.78, 5) is 21.1. The van der Waals surface area contributed by atoms with Crippen molar-refractivity contribution < 1.29 is 14.8 Å². The van der Waals surface area contributed by atoms with Crippen LogP contribution in [0.15, 0.2) is 24.3 Å². The third-order valence-electron chi connectivity index (χ3n) is 2.37. The summed E-state index contributed by atoms with van der Waals surface area (Å²) in [5.41, 5.74) is 0.369. The summed E-state index contributed by atoms with van der Waals surface area (Å²) in [5, 5.41) is 19.4. The molecule has 0 aliphatic heterocycles. The number of para-hydroxylation sites is 1. The lowest BCUT2D eigenvalue weighted by Gasteiger charge is -2.09. The Morgan fingerprint density at radius 2 is 2.12 bits per heavy atom. The first-order valence-electron chi connectivity index (χ1n) is 5.00. The van der Waals surface area contributed by atoms with E-state index in [0.717, 1.165) is 0 Å². The van der Waals surface area contributed by atoms with E-state index in [1.54, 1.807) is 18.2 Å². The number of carbonyl (C=O) groups is 1. The van der Waals surface area contributed by atoms with E-state index in [1.165, 1.54) is 6.07 Å². The number of nitrogens with zero attached hydrogens (tertiary/aromatic N) is 1. The molecule has 1 atom stereocenters. The SMILES string of the molecule is O=CC(CCCO)c1ccccc1[N+](=O)[O-]. The first-order valence-corrected chi connectivity index (χ1v) is 5.00. The number of hydrogen-bond acceptors (Lipinski definition) is 4. The molecule has 0 saturated heterocycles. The average Bonchev–Trinajstić information content (AvgIpc) is 2.30. The molecule has 0 fully saturated rings. The molecule has 0 bridgehead atoms. The Balaban J connectivity index is 2.99. The van der Waals surface area contributed by atoms with E-state index in [0.29, 0.717) is 24.7 Å². The van der Waals surface area contributed by atoms with Gasteiger partial charge in [-0.3, -0.25) is 10.1 Å². The monoisotopic (exact) mass is 223 g/mol. The molecule has 5 nitrogen and oxygen atoms in total. The zero-order chi connectivity index (χ0) is 12.0.